The molecule has 0 saturated carbocycles. The van der Waals surface area contributed by atoms with Crippen molar-refractivity contribution in [3.63, 3.8) is 0 Å². The Morgan fingerprint density at radius 1 is 1.46 bits per heavy atom. The number of nitrogens with one attached hydrogen (secondary N) is 1. The number of carbonyl (C=O) groups excluding carboxylic acids is 1. The van der Waals surface area contributed by atoms with Gasteiger partial charge in [0.05, 0.1) is 0 Å². The van der Waals surface area contributed by atoms with E-state index in [-0.39, 0.29) is 5.91 Å². The minimum Gasteiger partial charge on any atom is -0.370 e. The molecule has 5 heteroatoms. The quantitative estimate of drug-likeness (QED) is 0.632. The Labute approximate surface area is 76.4 Å². The van der Waals surface area contributed by atoms with E-state index in [1.165, 1.54) is 0 Å². The average Bonchev–Trinajstić information content (AvgIpc) is 2.14. The van der Waals surface area contributed by atoms with Crippen molar-refractivity contribution < 1.29 is 4.79 Å². The van der Waals surface area contributed by atoms with Gasteiger partial charge in [0.25, 0.3) is 0 Å². The van der Waals surface area contributed by atoms with E-state index in [1.807, 2.05) is 0 Å². The molecule has 0 spiro atoms. The summed E-state index contributed by atoms with van der Waals surface area (Å²) in [7, 11) is 0. The van der Waals surface area contributed by atoms with Gasteiger partial charge in [-0.25, -0.2) is 9.97 Å². The fourth-order valence-corrected chi connectivity index (χ4v) is 0.853. The topological polar surface area (TPSA) is 80.9 Å². The number of nitrogens with two attached hydrogens (primary N) is 1. The van der Waals surface area contributed by atoms with E-state index in [9.17, 15) is 4.79 Å². The van der Waals surface area contributed by atoms with E-state index >= 15 is 0 Å². The molecule has 70 valence electrons. The number of amides is 1. The van der Waals surface area contributed by atoms with E-state index in [0.29, 0.717) is 25.3 Å². The molecular weight excluding hydrogens is 168 g/mol. The second-order valence-corrected chi connectivity index (χ2v) is 2.57. The SMILES string of the molecule is NC(=O)CCCNc1ncccn1. The normalized spacial score (nSPS) is 9.54. The Bertz CT molecular complexity index is 262. The predicted molar refractivity (Wildman–Crippen MR) is 49.0 cm³/mol. The van der Waals surface area contributed by atoms with Gasteiger partial charge in [0.2, 0.25) is 11.9 Å². The van der Waals surface area contributed by atoms with Crippen LogP contribution >= 0.6 is 0 Å². The monoisotopic (exact) mass is 180 g/mol. The third-order valence-corrected chi connectivity index (χ3v) is 1.45. The molecule has 1 heterocycles. The highest BCUT2D eigenvalue weighted by molar-refractivity contribution is 5.73. The lowest BCUT2D eigenvalue weighted by molar-refractivity contribution is -0.118. The van der Waals surface area contributed by atoms with Crippen molar-refractivity contribution in [2.75, 3.05) is 11.9 Å². The first-order valence-corrected chi connectivity index (χ1v) is 4.08. The van der Waals surface area contributed by atoms with Crippen LogP contribution in [0.1, 0.15) is 12.8 Å². The lowest BCUT2D eigenvalue weighted by Crippen LogP contribution is -2.13. The summed E-state index contributed by atoms with van der Waals surface area (Å²) in [6.07, 6.45) is 4.40. The average molecular weight is 180 g/mol. The van der Waals surface area contributed by atoms with Crippen LogP contribution < -0.4 is 11.1 Å². The molecule has 0 bridgehead atoms. The van der Waals surface area contributed by atoms with Crippen LogP contribution in [0, 0.1) is 0 Å². The molecule has 0 aromatic carbocycles. The standard InChI is InChI=1S/C8H12N4O/c9-7(13)3-1-4-10-8-11-5-2-6-12-8/h2,5-6H,1,3-4H2,(H2,9,13)(H,10,11,12). The first-order valence-electron chi connectivity index (χ1n) is 4.08. The molecule has 5 nitrogen and oxygen atoms in total. The highest BCUT2D eigenvalue weighted by atomic mass is 16.1. The molecule has 0 saturated heterocycles. The van der Waals surface area contributed by atoms with E-state index < -0.39 is 0 Å². The maximum absolute atomic E-state index is 10.4. The van der Waals surface area contributed by atoms with Crippen molar-refractivity contribution in [1.29, 1.82) is 0 Å². The van der Waals surface area contributed by atoms with E-state index in [0.717, 1.165) is 0 Å². The summed E-state index contributed by atoms with van der Waals surface area (Å²) in [5.74, 6) is 0.294. The highest BCUT2D eigenvalue weighted by Gasteiger charge is 1.95. The summed E-state index contributed by atoms with van der Waals surface area (Å²) >= 11 is 0. The maximum Gasteiger partial charge on any atom is 0.222 e. The van der Waals surface area contributed by atoms with Crippen LogP contribution in [0.15, 0.2) is 18.5 Å². The van der Waals surface area contributed by atoms with Gasteiger partial charge in [-0.2, -0.15) is 0 Å². The Morgan fingerprint density at radius 2 is 2.15 bits per heavy atom. The Hall–Kier alpha value is -1.65. The molecule has 1 aromatic rings. The zero-order valence-corrected chi connectivity index (χ0v) is 7.23. The van der Waals surface area contributed by atoms with Gasteiger partial charge in [-0.15, -0.1) is 0 Å². The predicted octanol–water partition coefficient (Wildman–Crippen LogP) is 0.154. The number of rotatable bonds is 5. The smallest absolute Gasteiger partial charge is 0.222 e. The van der Waals surface area contributed by atoms with Gasteiger partial charge in [0.1, 0.15) is 0 Å². The van der Waals surface area contributed by atoms with Crippen molar-refractivity contribution in [2.45, 2.75) is 12.8 Å². The molecule has 1 amide bonds. The summed E-state index contributed by atoms with van der Waals surface area (Å²) in [6.45, 7) is 0.660. The number of hydrogen-bond acceptors (Lipinski definition) is 4. The molecule has 0 aliphatic carbocycles. The molecular formula is C8H12N4O. The minimum absolute atomic E-state index is 0.282. The fourth-order valence-electron chi connectivity index (χ4n) is 0.853. The molecule has 0 aliphatic heterocycles. The molecule has 0 radical (unpaired) electrons. The number of carbonyl (C=O) groups is 1. The summed E-state index contributed by atoms with van der Waals surface area (Å²) in [5, 5.41) is 2.97. The molecule has 3 N–H and O–H groups in total. The minimum atomic E-state index is -0.282. The number of hydrogen-bond donors (Lipinski definition) is 2. The van der Waals surface area contributed by atoms with Gasteiger partial charge in [0.15, 0.2) is 0 Å². The maximum atomic E-state index is 10.4. The third-order valence-electron chi connectivity index (χ3n) is 1.45. The molecule has 0 fully saturated rings. The molecule has 13 heavy (non-hydrogen) atoms. The highest BCUT2D eigenvalue weighted by Crippen LogP contribution is 1.95. The lowest BCUT2D eigenvalue weighted by atomic mass is 10.3. The largest absolute Gasteiger partial charge is 0.370 e. The molecule has 1 aromatic heterocycles. The molecule has 0 aliphatic rings. The Balaban J connectivity index is 2.17. The Morgan fingerprint density at radius 3 is 2.77 bits per heavy atom. The Kier molecular flexibility index (Phi) is 3.69. The first-order chi connectivity index (χ1) is 6.29. The van der Waals surface area contributed by atoms with Crippen LogP contribution in [0.4, 0.5) is 5.95 Å². The summed E-state index contributed by atoms with van der Waals surface area (Å²) in [4.78, 5) is 18.3. The molecule has 0 unspecified atom stereocenters. The van der Waals surface area contributed by atoms with Crippen LogP contribution in [-0.2, 0) is 4.79 Å². The van der Waals surface area contributed by atoms with Crippen LogP contribution in [0.5, 0.6) is 0 Å². The van der Waals surface area contributed by atoms with Gasteiger partial charge in [-0.3, -0.25) is 4.79 Å². The first kappa shape index (κ1) is 9.44. The second kappa shape index (κ2) is 5.08. The molecule has 1 rings (SSSR count). The van der Waals surface area contributed by atoms with Gasteiger partial charge in [-0.1, -0.05) is 0 Å². The summed E-state index contributed by atoms with van der Waals surface area (Å²) in [5.41, 5.74) is 4.97. The fraction of sp³-hybridized carbons (Fsp3) is 0.375. The van der Waals surface area contributed by atoms with Gasteiger partial charge in [-0.05, 0) is 12.5 Å². The van der Waals surface area contributed by atoms with Crippen LogP contribution in [-0.4, -0.2) is 22.4 Å². The lowest BCUT2D eigenvalue weighted by Gasteiger charge is -2.01. The zero-order chi connectivity index (χ0) is 9.52. The summed E-state index contributed by atoms with van der Waals surface area (Å²) < 4.78 is 0. The van der Waals surface area contributed by atoms with Crippen molar-refractivity contribution in [1.82, 2.24) is 9.97 Å². The van der Waals surface area contributed by atoms with Crippen molar-refractivity contribution in [3.8, 4) is 0 Å². The second-order valence-electron chi connectivity index (χ2n) is 2.57. The number of primary amides is 1. The number of anilines is 1. The van der Waals surface area contributed by atoms with E-state index in [1.54, 1.807) is 18.5 Å². The van der Waals surface area contributed by atoms with Crippen molar-refractivity contribution in [3.05, 3.63) is 18.5 Å². The van der Waals surface area contributed by atoms with Crippen molar-refractivity contribution in [2.24, 2.45) is 5.73 Å². The van der Waals surface area contributed by atoms with Gasteiger partial charge < -0.3 is 11.1 Å². The van der Waals surface area contributed by atoms with Crippen LogP contribution in [0.2, 0.25) is 0 Å². The number of aromatic nitrogens is 2. The molecule has 0 atom stereocenters. The van der Waals surface area contributed by atoms with Crippen LogP contribution in [0.25, 0.3) is 0 Å². The summed E-state index contributed by atoms with van der Waals surface area (Å²) in [6, 6.07) is 1.74. The zero-order valence-electron chi connectivity index (χ0n) is 7.23. The van der Waals surface area contributed by atoms with E-state index in [4.69, 9.17) is 5.73 Å². The van der Waals surface area contributed by atoms with Gasteiger partial charge in [0, 0.05) is 25.4 Å². The van der Waals surface area contributed by atoms with E-state index in [2.05, 4.69) is 15.3 Å². The number of nitrogens with zero attached hydrogens (tertiary/aromatic N) is 2. The van der Waals surface area contributed by atoms with Crippen LogP contribution in [0.3, 0.4) is 0 Å². The third kappa shape index (κ3) is 4.05. The van der Waals surface area contributed by atoms with Gasteiger partial charge >= 0.3 is 0 Å². The van der Waals surface area contributed by atoms with Crippen molar-refractivity contribution >= 4 is 11.9 Å².